The largest absolute Gasteiger partial charge is 0.366 e. The Hall–Kier alpha value is -3.48. The van der Waals surface area contributed by atoms with E-state index < -0.39 is 0 Å². The Bertz CT molecular complexity index is 1070. The lowest BCUT2D eigenvalue weighted by molar-refractivity contribution is 0.255. The van der Waals surface area contributed by atoms with E-state index in [0.29, 0.717) is 5.69 Å². The number of fused-ring (bicyclic) bond motifs is 4. The van der Waals surface area contributed by atoms with Gasteiger partial charge in [-0.25, -0.2) is 9.78 Å². The van der Waals surface area contributed by atoms with Gasteiger partial charge < -0.3 is 10.2 Å². The van der Waals surface area contributed by atoms with E-state index in [2.05, 4.69) is 33.2 Å². The molecule has 5 rings (SSSR count). The van der Waals surface area contributed by atoms with Gasteiger partial charge in [-0.05, 0) is 56.2 Å². The third-order valence-electron chi connectivity index (χ3n) is 5.58. The quantitative estimate of drug-likeness (QED) is 0.725. The molecule has 0 unspecified atom stereocenters. The van der Waals surface area contributed by atoms with Gasteiger partial charge in [0.25, 0.3) is 0 Å². The Balaban J connectivity index is 1.58. The number of amides is 2. The highest BCUT2D eigenvalue weighted by atomic mass is 16.2. The zero-order valence-electron chi connectivity index (χ0n) is 16.5. The van der Waals surface area contributed by atoms with Gasteiger partial charge in [-0.3, -0.25) is 14.9 Å². The lowest BCUT2D eigenvalue weighted by Gasteiger charge is -2.37. The van der Waals surface area contributed by atoms with Crippen LogP contribution in [0.1, 0.15) is 17.7 Å². The summed E-state index contributed by atoms with van der Waals surface area (Å²) in [6.45, 7) is 5.82. The van der Waals surface area contributed by atoms with Crippen LogP contribution >= 0.6 is 0 Å². The van der Waals surface area contributed by atoms with Gasteiger partial charge >= 0.3 is 6.03 Å². The third-order valence-corrected chi connectivity index (χ3v) is 5.58. The van der Waals surface area contributed by atoms with Gasteiger partial charge in [0.2, 0.25) is 0 Å². The maximum Gasteiger partial charge on any atom is 0.327 e. The lowest BCUT2D eigenvalue weighted by atomic mass is 10.1. The molecule has 1 atom stereocenters. The number of nitrogens with zero attached hydrogens (tertiary/aromatic N) is 5. The number of anilines is 3. The number of nitrogens with one attached hydrogen (secondary N) is 1. The maximum atomic E-state index is 13.2. The molecule has 2 aliphatic heterocycles. The predicted octanol–water partition coefficient (Wildman–Crippen LogP) is 3.79. The van der Waals surface area contributed by atoms with Crippen LogP contribution in [0.3, 0.4) is 0 Å². The Morgan fingerprint density at radius 1 is 1.21 bits per heavy atom. The number of urea groups is 1. The van der Waals surface area contributed by atoms with Crippen molar-refractivity contribution >= 4 is 23.2 Å². The van der Waals surface area contributed by atoms with Gasteiger partial charge in [0.15, 0.2) is 5.82 Å². The predicted molar refractivity (Wildman–Crippen MR) is 113 cm³/mol. The number of pyridine rings is 3. The Morgan fingerprint density at radius 3 is 2.86 bits per heavy atom. The normalized spacial score (nSPS) is 17.2. The van der Waals surface area contributed by atoms with Crippen LogP contribution in [0.2, 0.25) is 0 Å². The van der Waals surface area contributed by atoms with Crippen LogP contribution in [0.5, 0.6) is 0 Å². The van der Waals surface area contributed by atoms with Crippen molar-refractivity contribution in [3.8, 4) is 11.3 Å². The van der Waals surface area contributed by atoms with E-state index in [9.17, 15) is 4.79 Å². The molecule has 7 heteroatoms. The van der Waals surface area contributed by atoms with E-state index in [1.54, 1.807) is 12.4 Å². The fourth-order valence-electron chi connectivity index (χ4n) is 4.19. The molecular formula is C22H22N6O. The molecule has 0 aliphatic carbocycles. The van der Waals surface area contributed by atoms with E-state index >= 15 is 0 Å². The second-order valence-electron chi connectivity index (χ2n) is 7.62. The molecule has 2 amide bonds. The SMILES string of the molecule is Cc1ccc(-c2cc(C)c3c(n2)N(C(=O)Nc2cccnc2)[C@H]2CCN3C2)cn1. The monoisotopic (exact) mass is 386 g/mol. The summed E-state index contributed by atoms with van der Waals surface area (Å²) in [5.41, 5.74) is 5.58. The van der Waals surface area contributed by atoms with Crippen LogP contribution in [0.4, 0.5) is 22.0 Å². The van der Waals surface area contributed by atoms with Crippen molar-refractivity contribution in [1.29, 1.82) is 0 Å². The molecule has 7 nitrogen and oxygen atoms in total. The summed E-state index contributed by atoms with van der Waals surface area (Å²) in [5.74, 6) is 0.718. The molecule has 1 fully saturated rings. The van der Waals surface area contributed by atoms with Crippen molar-refractivity contribution < 1.29 is 4.79 Å². The zero-order valence-corrected chi connectivity index (χ0v) is 16.5. The average Bonchev–Trinajstić information content (AvgIpc) is 3.12. The summed E-state index contributed by atoms with van der Waals surface area (Å²) in [5, 5.41) is 2.98. The topological polar surface area (TPSA) is 74.2 Å². The number of rotatable bonds is 2. The molecule has 2 bridgehead atoms. The molecular weight excluding hydrogens is 364 g/mol. The van der Waals surface area contributed by atoms with Crippen molar-refractivity contribution in [2.75, 3.05) is 28.2 Å². The minimum atomic E-state index is -0.170. The van der Waals surface area contributed by atoms with Crippen molar-refractivity contribution in [2.24, 2.45) is 0 Å². The van der Waals surface area contributed by atoms with E-state index in [-0.39, 0.29) is 12.1 Å². The zero-order chi connectivity index (χ0) is 20.0. The second-order valence-corrected chi connectivity index (χ2v) is 7.62. The van der Waals surface area contributed by atoms with Crippen LogP contribution in [-0.2, 0) is 0 Å². The molecule has 3 aromatic rings. The van der Waals surface area contributed by atoms with Crippen molar-refractivity contribution in [2.45, 2.75) is 26.3 Å². The van der Waals surface area contributed by atoms with Crippen LogP contribution in [0.15, 0.2) is 48.9 Å². The van der Waals surface area contributed by atoms with Crippen LogP contribution in [0.25, 0.3) is 11.3 Å². The first-order valence-corrected chi connectivity index (χ1v) is 9.80. The van der Waals surface area contributed by atoms with Gasteiger partial charge in [-0.1, -0.05) is 0 Å². The van der Waals surface area contributed by atoms with Crippen molar-refractivity contribution in [3.63, 3.8) is 0 Å². The molecule has 3 aromatic heterocycles. The Labute approximate surface area is 169 Å². The molecule has 1 saturated heterocycles. The number of aromatic nitrogens is 3. The first kappa shape index (κ1) is 17.6. The molecule has 0 radical (unpaired) electrons. The van der Waals surface area contributed by atoms with Crippen LogP contribution < -0.4 is 15.1 Å². The van der Waals surface area contributed by atoms with Gasteiger partial charge in [0.1, 0.15) is 0 Å². The first-order valence-electron chi connectivity index (χ1n) is 9.80. The van der Waals surface area contributed by atoms with Crippen molar-refractivity contribution in [3.05, 3.63) is 60.2 Å². The third kappa shape index (κ3) is 3.08. The van der Waals surface area contributed by atoms with Gasteiger partial charge in [-0.15, -0.1) is 0 Å². The standard InChI is InChI=1S/C22H22N6O/c1-14-10-19(16-6-5-15(2)24-11-16)26-21-20(14)27-9-7-18(13-27)28(21)22(29)25-17-4-3-8-23-12-17/h3-6,8,10-12,18H,7,9,13H2,1-2H3,(H,25,29)/t18-/m0/s1. The van der Waals surface area contributed by atoms with Crippen LogP contribution in [0, 0.1) is 13.8 Å². The lowest BCUT2D eigenvalue weighted by Crippen LogP contribution is -2.48. The Morgan fingerprint density at radius 2 is 2.10 bits per heavy atom. The number of carbonyl (C=O) groups is 1. The van der Waals surface area contributed by atoms with Crippen LogP contribution in [-0.4, -0.2) is 40.1 Å². The Kier molecular flexibility index (Phi) is 4.16. The summed E-state index contributed by atoms with van der Waals surface area (Å²) < 4.78 is 0. The molecule has 0 spiro atoms. The molecule has 0 aromatic carbocycles. The van der Waals surface area contributed by atoms with Gasteiger partial charge in [0.05, 0.1) is 29.3 Å². The fraction of sp³-hybridized carbons (Fsp3) is 0.273. The summed E-state index contributed by atoms with van der Waals surface area (Å²) in [4.78, 5) is 30.8. The summed E-state index contributed by atoms with van der Waals surface area (Å²) in [6, 6.07) is 9.67. The highest BCUT2D eigenvalue weighted by Crippen LogP contribution is 2.42. The first-order chi connectivity index (χ1) is 14.1. The smallest absolute Gasteiger partial charge is 0.327 e. The minimum absolute atomic E-state index is 0.109. The average molecular weight is 386 g/mol. The van der Waals surface area contributed by atoms with E-state index in [1.165, 1.54) is 0 Å². The molecule has 2 aliphatic rings. The molecule has 1 N–H and O–H groups in total. The van der Waals surface area contributed by atoms with Gasteiger partial charge in [0, 0.05) is 36.7 Å². The number of aryl methyl sites for hydroxylation is 2. The van der Waals surface area contributed by atoms with Crippen molar-refractivity contribution in [1.82, 2.24) is 15.0 Å². The van der Waals surface area contributed by atoms with E-state index in [4.69, 9.17) is 4.98 Å². The molecule has 0 saturated carbocycles. The number of hydrogen-bond donors (Lipinski definition) is 1. The second kappa shape index (κ2) is 6.84. The maximum absolute atomic E-state index is 13.2. The highest BCUT2D eigenvalue weighted by Gasteiger charge is 2.41. The van der Waals surface area contributed by atoms with E-state index in [1.807, 2.05) is 42.3 Å². The minimum Gasteiger partial charge on any atom is -0.366 e. The number of hydrogen-bond acceptors (Lipinski definition) is 5. The molecule has 146 valence electrons. The van der Waals surface area contributed by atoms with E-state index in [0.717, 1.165) is 53.5 Å². The summed E-state index contributed by atoms with van der Waals surface area (Å²) in [7, 11) is 0. The summed E-state index contributed by atoms with van der Waals surface area (Å²) in [6.07, 6.45) is 6.10. The number of carbonyl (C=O) groups excluding carboxylic acids is 1. The fourth-order valence-corrected chi connectivity index (χ4v) is 4.19. The highest BCUT2D eigenvalue weighted by molar-refractivity contribution is 6.05. The summed E-state index contributed by atoms with van der Waals surface area (Å²) >= 11 is 0. The molecule has 29 heavy (non-hydrogen) atoms. The molecule has 5 heterocycles. The van der Waals surface area contributed by atoms with Gasteiger partial charge in [-0.2, -0.15) is 0 Å².